The van der Waals surface area contributed by atoms with Crippen LogP contribution in [-0.4, -0.2) is 40.2 Å². The Morgan fingerprint density at radius 1 is 1.29 bits per heavy atom. The summed E-state index contributed by atoms with van der Waals surface area (Å²) < 4.78 is 40.9. The number of halogens is 1. The van der Waals surface area contributed by atoms with E-state index in [1.807, 2.05) is 0 Å². The average Bonchev–Trinajstić information content (AvgIpc) is 3.24. The van der Waals surface area contributed by atoms with E-state index < -0.39 is 33.2 Å². The molecular formula is C17H17FN4O4S2. The molecule has 0 saturated heterocycles. The van der Waals surface area contributed by atoms with E-state index in [-0.39, 0.29) is 22.6 Å². The molecule has 0 atom stereocenters. The van der Waals surface area contributed by atoms with Gasteiger partial charge in [-0.3, -0.25) is 18.3 Å². The van der Waals surface area contributed by atoms with Crippen LogP contribution in [0.3, 0.4) is 0 Å². The lowest BCUT2D eigenvalue weighted by Gasteiger charge is -2.13. The Labute approximate surface area is 163 Å². The van der Waals surface area contributed by atoms with Crippen molar-refractivity contribution in [3.63, 3.8) is 0 Å². The van der Waals surface area contributed by atoms with Crippen LogP contribution in [0, 0.1) is 5.41 Å². The Kier molecular flexibility index (Phi) is 4.46. The minimum Gasteiger partial charge on any atom is -0.296 e. The molecule has 8 nitrogen and oxygen atoms in total. The number of alkyl halides is 1. The molecule has 11 heteroatoms. The van der Waals surface area contributed by atoms with Gasteiger partial charge in [0.1, 0.15) is 10.5 Å². The van der Waals surface area contributed by atoms with Gasteiger partial charge in [0, 0.05) is 12.5 Å². The van der Waals surface area contributed by atoms with Gasteiger partial charge in [-0.1, -0.05) is 0 Å². The number of sulfone groups is 1. The largest absolute Gasteiger partial charge is 0.331 e. The number of hydrogen-bond acceptors (Lipinski definition) is 7. The van der Waals surface area contributed by atoms with Crippen LogP contribution in [0.15, 0.2) is 38.2 Å². The topological polar surface area (TPSA) is 104 Å². The molecule has 28 heavy (non-hydrogen) atoms. The van der Waals surface area contributed by atoms with Crippen LogP contribution in [0.5, 0.6) is 0 Å². The number of rotatable bonds is 6. The predicted octanol–water partition coefficient (Wildman–Crippen LogP) is 1.12. The third-order valence-corrected chi connectivity index (χ3v) is 7.76. The average molecular weight is 424 g/mol. The van der Waals surface area contributed by atoms with Crippen LogP contribution in [0.25, 0.3) is 10.9 Å². The van der Waals surface area contributed by atoms with Gasteiger partial charge in [0.05, 0.1) is 34.8 Å². The van der Waals surface area contributed by atoms with Crippen molar-refractivity contribution in [1.82, 2.24) is 19.3 Å². The molecule has 0 unspecified atom stereocenters. The maximum atomic E-state index is 13.2. The van der Waals surface area contributed by atoms with Crippen molar-refractivity contribution in [3.05, 3.63) is 49.6 Å². The zero-order valence-corrected chi connectivity index (χ0v) is 16.6. The highest BCUT2D eigenvalue weighted by Gasteiger charge is 2.46. The Bertz CT molecular complexity index is 1270. The van der Waals surface area contributed by atoms with E-state index in [4.69, 9.17) is 0 Å². The molecule has 0 radical (unpaired) electrons. The molecule has 2 aromatic heterocycles. The molecule has 0 spiro atoms. The molecule has 1 fully saturated rings. The fourth-order valence-electron chi connectivity index (χ4n) is 3.21. The first-order valence-electron chi connectivity index (χ1n) is 8.54. The molecule has 1 aliphatic carbocycles. The monoisotopic (exact) mass is 424 g/mol. The van der Waals surface area contributed by atoms with Crippen LogP contribution < -0.4 is 11.2 Å². The summed E-state index contributed by atoms with van der Waals surface area (Å²) in [5.74, 6) is -0.285. The molecule has 1 saturated carbocycles. The van der Waals surface area contributed by atoms with Gasteiger partial charge in [-0.05, 0) is 31.0 Å². The van der Waals surface area contributed by atoms with E-state index >= 15 is 0 Å². The first kappa shape index (κ1) is 18.9. The first-order valence-corrected chi connectivity index (χ1v) is 11.1. The number of fused-ring (bicyclic) bond motifs is 1. The lowest BCUT2D eigenvalue weighted by molar-refractivity contribution is 0.367. The minimum absolute atomic E-state index is 0.0436. The molecule has 0 aliphatic heterocycles. The van der Waals surface area contributed by atoms with Gasteiger partial charge in [0.15, 0.2) is 9.84 Å². The zero-order valence-electron chi connectivity index (χ0n) is 15.0. The quantitative estimate of drug-likeness (QED) is 0.587. The lowest BCUT2D eigenvalue weighted by atomic mass is 10.2. The number of aryl methyl sites for hydroxylation is 1. The van der Waals surface area contributed by atoms with E-state index in [2.05, 4.69) is 10.2 Å². The molecule has 2 heterocycles. The molecule has 0 bridgehead atoms. The van der Waals surface area contributed by atoms with Crippen molar-refractivity contribution < 1.29 is 12.8 Å². The second kappa shape index (κ2) is 6.59. The van der Waals surface area contributed by atoms with Crippen molar-refractivity contribution in [2.75, 3.05) is 12.4 Å². The van der Waals surface area contributed by atoms with Gasteiger partial charge in [-0.15, -0.1) is 21.5 Å². The molecule has 1 aliphatic rings. The zero-order chi connectivity index (χ0) is 20.1. The van der Waals surface area contributed by atoms with Crippen LogP contribution in [0.4, 0.5) is 4.39 Å². The summed E-state index contributed by atoms with van der Waals surface area (Å²) in [6, 6.07) is 4.08. The standard InChI is InChI=1S/C17H17FN4O4S2/c1-21-13-3-2-11(28(25,26)9-17(8-18)4-5-17)6-12(13)15(23)22(16(21)24)7-14-20-19-10-27-14/h2-3,6,10H,4-5,7-9H2,1H3. The van der Waals surface area contributed by atoms with Crippen LogP contribution >= 0.6 is 11.3 Å². The van der Waals surface area contributed by atoms with Crippen LogP contribution in [0.2, 0.25) is 0 Å². The molecule has 0 N–H and O–H groups in total. The Morgan fingerprint density at radius 2 is 2.04 bits per heavy atom. The Morgan fingerprint density at radius 3 is 2.64 bits per heavy atom. The summed E-state index contributed by atoms with van der Waals surface area (Å²) in [5, 5.41) is 8.13. The second-order valence-electron chi connectivity index (χ2n) is 7.14. The van der Waals surface area contributed by atoms with E-state index in [1.165, 1.54) is 46.7 Å². The third kappa shape index (κ3) is 3.18. The molecule has 0 amide bonds. The summed E-state index contributed by atoms with van der Waals surface area (Å²) in [7, 11) is -2.25. The molecule has 4 rings (SSSR count). The van der Waals surface area contributed by atoms with Crippen molar-refractivity contribution in [1.29, 1.82) is 0 Å². The lowest BCUT2D eigenvalue weighted by Crippen LogP contribution is -2.39. The highest BCUT2D eigenvalue weighted by atomic mass is 32.2. The second-order valence-corrected chi connectivity index (χ2v) is 10.0. The van der Waals surface area contributed by atoms with E-state index in [0.29, 0.717) is 23.4 Å². The van der Waals surface area contributed by atoms with Gasteiger partial charge in [-0.2, -0.15) is 0 Å². The fraction of sp³-hybridized carbons (Fsp3) is 0.412. The van der Waals surface area contributed by atoms with Crippen LogP contribution in [-0.2, 0) is 23.4 Å². The molecule has 3 aromatic rings. The van der Waals surface area contributed by atoms with E-state index in [1.54, 1.807) is 0 Å². The summed E-state index contributed by atoms with van der Waals surface area (Å²) in [5.41, 5.74) is -0.103. The van der Waals surface area contributed by atoms with E-state index in [0.717, 1.165) is 4.57 Å². The molecule has 148 valence electrons. The number of aromatic nitrogens is 4. The summed E-state index contributed by atoms with van der Waals surface area (Å²) in [6.07, 6.45) is 1.08. The maximum Gasteiger partial charge on any atom is 0.331 e. The normalized spacial score (nSPS) is 15.8. The van der Waals surface area contributed by atoms with Gasteiger partial charge < -0.3 is 0 Å². The smallest absolute Gasteiger partial charge is 0.296 e. The van der Waals surface area contributed by atoms with Crippen molar-refractivity contribution in [3.8, 4) is 0 Å². The predicted molar refractivity (Wildman–Crippen MR) is 102 cm³/mol. The number of hydrogen-bond donors (Lipinski definition) is 0. The maximum absolute atomic E-state index is 13.2. The van der Waals surface area contributed by atoms with E-state index in [9.17, 15) is 22.4 Å². The van der Waals surface area contributed by atoms with Gasteiger partial charge in [0.2, 0.25) is 0 Å². The summed E-state index contributed by atoms with van der Waals surface area (Å²) in [4.78, 5) is 25.4. The third-order valence-electron chi connectivity index (χ3n) is 5.12. The molecule has 1 aromatic carbocycles. The highest BCUT2D eigenvalue weighted by Crippen LogP contribution is 2.47. The summed E-state index contributed by atoms with van der Waals surface area (Å²) in [6.45, 7) is -0.725. The first-order chi connectivity index (χ1) is 13.3. The number of nitrogens with zero attached hydrogens (tertiary/aromatic N) is 4. The van der Waals surface area contributed by atoms with Gasteiger partial charge in [0.25, 0.3) is 5.56 Å². The van der Waals surface area contributed by atoms with Crippen molar-refractivity contribution >= 4 is 32.1 Å². The minimum atomic E-state index is -3.76. The van der Waals surface area contributed by atoms with Crippen molar-refractivity contribution in [2.24, 2.45) is 12.5 Å². The fourth-order valence-corrected chi connectivity index (χ4v) is 5.63. The SMILES string of the molecule is Cn1c(=O)n(Cc2nncs2)c(=O)c2cc(S(=O)(=O)CC3(CF)CC3)ccc21. The highest BCUT2D eigenvalue weighted by molar-refractivity contribution is 7.91. The van der Waals surface area contributed by atoms with Crippen LogP contribution in [0.1, 0.15) is 17.8 Å². The summed E-state index contributed by atoms with van der Waals surface area (Å²) >= 11 is 1.21. The molecular weight excluding hydrogens is 407 g/mol. The van der Waals surface area contributed by atoms with Crippen molar-refractivity contribution in [2.45, 2.75) is 24.3 Å². The Balaban J connectivity index is 1.85. The van der Waals surface area contributed by atoms with Gasteiger partial charge >= 0.3 is 5.69 Å². The van der Waals surface area contributed by atoms with Gasteiger partial charge in [-0.25, -0.2) is 13.2 Å². The number of benzene rings is 1. The Hall–Kier alpha value is -2.40.